The van der Waals surface area contributed by atoms with Crippen molar-refractivity contribution in [1.82, 2.24) is 9.88 Å². The molecule has 0 aliphatic heterocycles. The van der Waals surface area contributed by atoms with E-state index in [2.05, 4.69) is 10.3 Å². The van der Waals surface area contributed by atoms with Gasteiger partial charge in [0, 0.05) is 36.3 Å². The summed E-state index contributed by atoms with van der Waals surface area (Å²) in [7, 11) is 3.19. The van der Waals surface area contributed by atoms with Crippen LogP contribution >= 0.6 is 23.1 Å². The number of pyridine rings is 1. The smallest absolute Gasteiger partial charge is 0.339 e. The number of nitrogens with one attached hydrogen (secondary N) is 1. The number of rotatable bonds is 5. The van der Waals surface area contributed by atoms with Gasteiger partial charge < -0.3 is 10.0 Å². The van der Waals surface area contributed by atoms with E-state index in [0.717, 1.165) is 5.69 Å². The van der Waals surface area contributed by atoms with Crippen LogP contribution in [0.3, 0.4) is 0 Å². The molecule has 2 aromatic heterocycles. The van der Waals surface area contributed by atoms with Gasteiger partial charge in [-0.15, -0.1) is 23.1 Å². The van der Waals surface area contributed by atoms with Crippen LogP contribution in [-0.2, 0) is 5.75 Å². The van der Waals surface area contributed by atoms with E-state index in [1.54, 1.807) is 25.7 Å². The summed E-state index contributed by atoms with van der Waals surface area (Å²) in [5.41, 5.74) is 0.995. The van der Waals surface area contributed by atoms with Gasteiger partial charge in [0.05, 0.1) is 5.69 Å². The van der Waals surface area contributed by atoms with Crippen LogP contribution in [0.2, 0.25) is 0 Å². The molecule has 0 fully saturated rings. The third kappa shape index (κ3) is 3.99. The van der Waals surface area contributed by atoms with Crippen LogP contribution in [0.15, 0.2) is 34.7 Å². The maximum absolute atomic E-state index is 11.7. The molecule has 0 aromatic carbocycles. The Morgan fingerprint density at radius 2 is 2.18 bits per heavy atom. The highest BCUT2D eigenvalue weighted by atomic mass is 32.2. The van der Waals surface area contributed by atoms with Crippen LogP contribution in [0.25, 0.3) is 0 Å². The molecule has 0 unspecified atom stereocenters. The molecule has 0 radical (unpaired) electrons. The van der Waals surface area contributed by atoms with E-state index >= 15 is 0 Å². The first-order valence-corrected chi connectivity index (χ1v) is 8.21. The molecule has 2 rings (SSSR count). The minimum atomic E-state index is -1.06. The van der Waals surface area contributed by atoms with Crippen molar-refractivity contribution < 1.29 is 14.7 Å². The summed E-state index contributed by atoms with van der Waals surface area (Å²) in [4.78, 5) is 29.3. The van der Waals surface area contributed by atoms with Crippen LogP contribution in [0, 0.1) is 0 Å². The number of anilines is 1. The normalized spacial score (nSPS) is 10.3. The maximum Gasteiger partial charge on any atom is 0.339 e. The summed E-state index contributed by atoms with van der Waals surface area (Å²) in [6, 6.07) is 5.24. The third-order valence-corrected chi connectivity index (χ3v) is 4.82. The molecule has 22 heavy (non-hydrogen) atoms. The molecule has 0 atom stereocenters. The molecule has 2 aromatic rings. The zero-order valence-corrected chi connectivity index (χ0v) is 13.7. The minimum absolute atomic E-state index is 0.126. The van der Waals surface area contributed by atoms with Gasteiger partial charge >= 0.3 is 12.0 Å². The van der Waals surface area contributed by atoms with Crippen LogP contribution in [-0.4, -0.2) is 41.1 Å². The summed E-state index contributed by atoms with van der Waals surface area (Å²) in [5, 5.41) is 14.1. The minimum Gasteiger partial charge on any atom is -0.478 e. The largest absolute Gasteiger partial charge is 0.478 e. The standard InChI is InChI=1S/C14H15N3O3S2/c1-17(2)14(20)16-12-11(13(18)19)10(8-22-12)21-7-9-5-3-4-6-15-9/h3-6,8H,7H2,1-2H3,(H,16,20)(H,18,19). The quantitative estimate of drug-likeness (QED) is 0.819. The number of carboxylic acids is 1. The van der Waals surface area contributed by atoms with E-state index in [1.165, 1.54) is 28.0 Å². The summed E-state index contributed by atoms with van der Waals surface area (Å²) in [6.07, 6.45) is 1.70. The molecular formula is C14H15N3O3S2. The summed E-state index contributed by atoms with van der Waals surface area (Å²) in [5.74, 6) is -0.488. The molecule has 2 amide bonds. The lowest BCUT2D eigenvalue weighted by atomic mass is 10.3. The number of carbonyl (C=O) groups excluding carboxylic acids is 1. The van der Waals surface area contributed by atoms with Crippen LogP contribution < -0.4 is 5.32 Å². The highest BCUT2D eigenvalue weighted by Crippen LogP contribution is 2.36. The third-order valence-electron chi connectivity index (χ3n) is 2.70. The molecule has 0 aliphatic rings. The molecule has 2 heterocycles. The number of thioether (sulfide) groups is 1. The first-order valence-electron chi connectivity index (χ1n) is 6.35. The summed E-state index contributed by atoms with van der Waals surface area (Å²) in [6.45, 7) is 0. The molecule has 2 N–H and O–H groups in total. The number of hydrogen-bond donors (Lipinski definition) is 2. The van der Waals surface area contributed by atoms with Crippen LogP contribution in [0.4, 0.5) is 9.80 Å². The molecule has 0 saturated carbocycles. The Labute approximate surface area is 136 Å². The Morgan fingerprint density at radius 1 is 1.41 bits per heavy atom. The lowest BCUT2D eigenvalue weighted by Crippen LogP contribution is -2.27. The Hall–Kier alpha value is -2.06. The topological polar surface area (TPSA) is 82.5 Å². The predicted molar refractivity (Wildman–Crippen MR) is 87.8 cm³/mol. The number of thiophene rings is 1. The van der Waals surface area contributed by atoms with Gasteiger partial charge in [0.1, 0.15) is 10.6 Å². The van der Waals surface area contributed by atoms with Crippen molar-refractivity contribution in [1.29, 1.82) is 0 Å². The first-order chi connectivity index (χ1) is 10.5. The van der Waals surface area contributed by atoms with Crippen molar-refractivity contribution in [3.63, 3.8) is 0 Å². The van der Waals surface area contributed by atoms with Gasteiger partial charge in [-0.1, -0.05) is 6.07 Å². The zero-order chi connectivity index (χ0) is 16.1. The second-order valence-electron chi connectivity index (χ2n) is 4.54. The van der Waals surface area contributed by atoms with Gasteiger partial charge in [-0.2, -0.15) is 0 Å². The molecular weight excluding hydrogens is 322 g/mol. The van der Waals surface area contributed by atoms with Crippen LogP contribution in [0.1, 0.15) is 16.1 Å². The molecule has 8 heteroatoms. The highest BCUT2D eigenvalue weighted by molar-refractivity contribution is 7.98. The number of nitrogens with zero attached hydrogens (tertiary/aromatic N) is 2. The Kier molecular flexibility index (Phi) is 5.40. The van der Waals surface area contributed by atoms with Crippen molar-refractivity contribution in [2.75, 3.05) is 19.4 Å². The summed E-state index contributed by atoms with van der Waals surface area (Å²) >= 11 is 2.59. The van der Waals surface area contributed by atoms with E-state index in [-0.39, 0.29) is 11.6 Å². The number of carbonyl (C=O) groups is 2. The van der Waals surface area contributed by atoms with Crippen molar-refractivity contribution in [2.45, 2.75) is 10.6 Å². The van der Waals surface area contributed by atoms with Crippen molar-refractivity contribution in [2.24, 2.45) is 0 Å². The van der Waals surface area contributed by atoms with E-state index in [9.17, 15) is 14.7 Å². The number of hydrogen-bond acceptors (Lipinski definition) is 5. The molecule has 6 nitrogen and oxygen atoms in total. The van der Waals surface area contributed by atoms with Crippen LogP contribution in [0.5, 0.6) is 0 Å². The molecule has 0 saturated heterocycles. The Balaban J connectivity index is 2.16. The van der Waals surface area contributed by atoms with E-state index in [1.807, 2.05) is 18.2 Å². The fourth-order valence-corrected chi connectivity index (χ4v) is 3.68. The van der Waals surface area contributed by atoms with Gasteiger partial charge in [-0.3, -0.25) is 10.3 Å². The van der Waals surface area contributed by atoms with Crippen molar-refractivity contribution >= 4 is 40.1 Å². The first kappa shape index (κ1) is 16.3. The number of carboxylic acid groups (broad SMARTS) is 1. The summed E-state index contributed by atoms with van der Waals surface area (Å²) < 4.78 is 0. The van der Waals surface area contributed by atoms with Gasteiger partial charge in [0.15, 0.2) is 0 Å². The second-order valence-corrected chi connectivity index (χ2v) is 6.44. The molecule has 0 aliphatic carbocycles. The fourth-order valence-electron chi connectivity index (χ4n) is 1.59. The van der Waals surface area contributed by atoms with Gasteiger partial charge in [-0.05, 0) is 12.1 Å². The lowest BCUT2D eigenvalue weighted by Gasteiger charge is -2.11. The maximum atomic E-state index is 11.7. The van der Waals surface area contributed by atoms with E-state index < -0.39 is 5.97 Å². The molecule has 0 spiro atoms. The van der Waals surface area contributed by atoms with Gasteiger partial charge in [-0.25, -0.2) is 9.59 Å². The molecule has 116 valence electrons. The number of aromatic carboxylic acids is 1. The number of urea groups is 1. The Bertz CT molecular complexity index is 671. The van der Waals surface area contributed by atoms with Crippen molar-refractivity contribution in [3.05, 3.63) is 41.0 Å². The average molecular weight is 337 g/mol. The zero-order valence-electron chi connectivity index (χ0n) is 12.1. The average Bonchev–Trinajstić information content (AvgIpc) is 2.89. The SMILES string of the molecule is CN(C)C(=O)Nc1scc(SCc2ccccn2)c1C(=O)O. The van der Waals surface area contributed by atoms with E-state index in [4.69, 9.17) is 0 Å². The lowest BCUT2D eigenvalue weighted by molar-refractivity contribution is 0.0695. The van der Waals surface area contributed by atoms with Crippen molar-refractivity contribution in [3.8, 4) is 0 Å². The van der Waals surface area contributed by atoms with E-state index in [0.29, 0.717) is 15.6 Å². The second kappa shape index (κ2) is 7.28. The monoisotopic (exact) mass is 337 g/mol. The Morgan fingerprint density at radius 3 is 2.77 bits per heavy atom. The number of aromatic nitrogens is 1. The fraction of sp³-hybridized carbons (Fsp3) is 0.214. The highest BCUT2D eigenvalue weighted by Gasteiger charge is 2.21. The van der Waals surface area contributed by atoms with Gasteiger partial charge in [0.2, 0.25) is 0 Å². The predicted octanol–water partition coefficient (Wildman–Crippen LogP) is 3.23. The number of amides is 2. The van der Waals surface area contributed by atoms with Gasteiger partial charge in [0.25, 0.3) is 0 Å². The molecule has 0 bridgehead atoms.